The Morgan fingerprint density at radius 3 is 2.64 bits per heavy atom. The van der Waals surface area contributed by atoms with Crippen molar-refractivity contribution >= 4 is 0 Å². The Bertz CT molecular complexity index is 304. The zero-order valence-corrected chi connectivity index (χ0v) is 8.92. The summed E-state index contributed by atoms with van der Waals surface area (Å²) < 4.78 is 12.8. The van der Waals surface area contributed by atoms with Crippen molar-refractivity contribution in [3.63, 3.8) is 0 Å². The first kappa shape index (κ1) is 11.1. The van der Waals surface area contributed by atoms with E-state index in [-0.39, 0.29) is 11.5 Å². The highest BCUT2D eigenvalue weighted by atomic mass is 19.1. The molecule has 0 radical (unpaired) electrons. The lowest BCUT2D eigenvalue weighted by molar-refractivity contribution is 0.342. The van der Waals surface area contributed by atoms with Crippen LogP contribution in [-0.2, 0) is 0 Å². The van der Waals surface area contributed by atoms with Gasteiger partial charge >= 0.3 is 0 Å². The van der Waals surface area contributed by atoms with Gasteiger partial charge in [0.15, 0.2) is 0 Å². The third-order valence-electron chi connectivity index (χ3n) is 2.01. The van der Waals surface area contributed by atoms with Gasteiger partial charge in [-0.1, -0.05) is 20.8 Å². The molecule has 0 unspecified atom stereocenters. The third-order valence-corrected chi connectivity index (χ3v) is 2.01. The summed E-state index contributed by atoms with van der Waals surface area (Å²) in [5.74, 6) is -0.466. The molecule has 1 rings (SSSR count). The molecule has 14 heavy (non-hydrogen) atoms. The minimum absolute atomic E-state index is 0.118. The summed E-state index contributed by atoms with van der Waals surface area (Å²) in [7, 11) is 0. The van der Waals surface area contributed by atoms with E-state index in [0.717, 1.165) is 12.0 Å². The first-order chi connectivity index (χ1) is 6.38. The summed E-state index contributed by atoms with van der Waals surface area (Å²) >= 11 is 0. The van der Waals surface area contributed by atoms with Gasteiger partial charge in [-0.3, -0.25) is 0 Å². The molecule has 3 heteroatoms. The van der Waals surface area contributed by atoms with Gasteiger partial charge < -0.3 is 5.73 Å². The van der Waals surface area contributed by atoms with Crippen LogP contribution in [0.2, 0.25) is 0 Å². The molecular formula is C11H17FN2. The predicted molar refractivity (Wildman–Crippen MR) is 55.2 cm³/mol. The van der Waals surface area contributed by atoms with Gasteiger partial charge in [-0.25, -0.2) is 4.98 Å². The number of pyridine rings is 1. The number of nitrogens with two attached hydrogens (primary N) is 1. The van der Waals surface area contributed by atoms with Crippen LogP contribution in [0.4, 0.5) is 4.39 Å². The third kappa shape index (κ3) is 3.42. The van der Waals surface area contributed by atoms with Gasteiger partial charge in [0.2, 0.25) is 5.95 Å². The summed E-state index contributed by atoms with van der Waals surface area (Å²) in [5.41, 5.74) is 6.92. The van der Waals surface area contributed by atoms with Gasteiger partial charge in [0, 0.05) is 12.2 Å². The smallest absolute Gasteiger partial charge is 0.213 e. The van der Waals surface area contributed by atoms with E-state index in [2.05, 4.69) is 25.8 Å². The van der Waals surface area contributed by atoms with Gasteiger partial charge in [-0.05, 0) is 29.5 Å². The van der Waals surface area contributed by atoms with Crippen molar-refractivity contribution in [2.75, 3.05) is 0 Å². The minimum atomic E-state index is -0.466. The largest absolute Gasteiger partial charge is 0.324 e. The maximum atomic E-state index is 12.8. The molecule has 0 aliphatic heterocycles. The SMILES string of the molecule is CC(C)(C)C[C@H](N)c1ccnc(F)c1. The molecule has 0 aliphatic rings. The number of hydrogen-bond donors (Lipinski definition) is 1. The lowest BCUT2D eigenvalue weighted by Crippen LogP contribution is -2.18. The molecule has 1 atom stereocenters. The number of aromatic nitrogens is 1. The van der Waals surface area contributed by atoms with Crippen LogP contribution in [0.5, 0.6) is 0 Å². The molecule has 78 valence electrons. The molecular weight excluding hydrogens is 179 g/mol. The van der Waals surface area contributed by atoms with E-state index in [4.69, 9.17) is 5.73 Å². The standard InChI is InChI=1S/C11H17FN2/c1-11(2,3)7-9(13)8-4-5-14-10(12)6-8/h4-6,9H,7,13H2,1-3H3/t9-/m0/s1. The Hall–Kier alpha value is -0.960. The molecule has 0 aliphatic carbocycles. The lowest BCUT2D eigenvalue weighted by Gasteiger charge is -2.23. The van der Waals surface area contributed by atoms with Gasteiger partial charge in [0.25, 0.3) is 0 Å². The van der Waals surface area contributed by atoms with Crippen LogP contribution in [0.1, 0.15) is 38.8 Å². The second-order valence-corrected chi connectivity index (χ2v) is 4.78. The molecule has 0 amide bonds. The fourth-order valence-electron chi connectivity index (χ4n) is 1.43. The van der Waals surface area contributed by atoms with E-state index in [9.17, 15) is 4.39 Å². The summed E-state index contributed by atoms with van der Waals surface area (Å²) in [4.78, 5) is 3.50. The molecule has 1 aromatic heterocycles. The maximum Gasteiger partial charge on any atom is 0.213 e. The van der Waals surface area contributed by atoms with Crippen LogP contribution >= 0.6 is 0 Å². The Labute approximate surface area is 84.3 Å². The number of hydrogen-bond acceptors (Lipinski definition) is 2. The fourth-order valence-corrected chi connectivity index (χ4v) is 1.43. The van der Waals surface area contributed by atoms with Crippen LogP contribution in [0, 0.1) is 11.4 Å². The van der Waals surface area contributed by atoms with Crippen molar-refractivity contribution in [3.8, 4) is 0 Å². The molecule has 0 bridgehead atoms. The van der Waals surface area contributed by atoms with Crippen LogP contribution < -0.4 is 5.73 Å². The minimum Gasteiger partial charge on any atom is -0.324 e. The zero-order chi connectivity index (χ0) is 10.8. The fraction of sp³-hybridized carbons (Fsp3) is 0.545. The average Bonchev–Trinajstić information content (AvgIpc) is 2.01. The lowest BCUT2D eigenvalue weighted by atomic mass is 9.86. The Kier molecular flexibility index (Phi) is 3.21. The molecule has 0 fully saturated rings. The highest BCUT2D eigenvalue weighted by Gasteiger charge is 2.17. The summed E-state index contributed by atoms with van der Waals surface area (Å²) in [6.07, 6.45) is 2.28. The first-order valence-electron chi connectivity index (χ1n) is 4.75. The molecule has 0 aromatic carbocycles. The monoisotopic (exact) mass is 196 g/mol. The summed E-state index contributed by atoms with van der Waals surface area (Å²) in [5, 5.41) is 0. The van der Waals surface area contributed by atoms with Crippen LogP contribution in [-0.4, -0.2) is 4.98 Å². The topological polar surface area (TPSA) is 38.9 Å². The van der Waals surface area contributed by atoms with Gasteiger partial charge in [0.1, 0.15) is 0 Å². The van der Waals surface area contributed by atoms with Crippen LogP contribution in [0.15, 0.2) is 18.3 Å². The molecule has 1 aromatic rings. The number of rotatable bonds is 2. The quantitative estimate of drug-likeness (QED) is 0.738. The van der Waals surface area contributed by atoms with Gasteiger partial charge in [-0.2, -0.15) is 4.39 Å². The first-order valence-corrected chi connectivity index (χ1v) is 4.75. The summed E-state index contributed by atoms with van der Waals surface area (Å²) in [6, 6.07) is 3.04. The highest BCUT2D eigenvalue weighted by molar-refractivity contribution is 5.15. The second-order valence-electron chi connectivity index (χ2n) is 4.78. The second kappa shape index (κ2) is 4.05. The average molecular weight is 196 g/mol. The van der Waals surface area contributed by atoms with Crippen molar-refractivity contribution in [1.82, 2.24) is 4.98 Å². The van der Waals surface area contributed by atoms with Crippen LogP contribution in [0.3, 0.4) is 0 Å². The number of halogens is 1. The van der Waals surface area contributed by atoms with Crippen molar-refractivity contribution in [1.29, 1.82) is 0 Å². The van der Waals surface area contributed by atoms with Crippen molar-refractivity contribution in [3.05, 3.63) is 29.8 Å². The van der Waals surface area contributed by atoms with Gasteiger partial charge in [0.05, 0.1) is 0 Å². The molecule has 0 spiro atoms. The number of nitrogens with zero attached hydrogens (tertiary/aromatic N) is 1. The maximum absolute atomic E-state index is 12.8. The normalized spacial score (nSPS) is 14.1. The Balaban J connectivity index is 2.74. The van der Waals surface area contributed by atoms with Gasteiger partial charge in [-0.15, -0.1) is 0 Å². The van der Waals surface area contributed by atoms with E-state index >= 15 is 0 Å². The van der Waals surface area contributed by atoms with E-state index in [1.807, 2.05) is 0 Å². The van der Waals surface area contributed by atoms with Crippen LogP contribution in [0.25, 0.3) is 0 Å². The summed E-state index contributed by atoms with van der Waals surface area (Å²) in [6.45, 7) is 6.35. The zero-order valence-electron chi connectivity index (χ0n) is 8.92. The highest BCUT2D eigenvalue weighted by Crippen LogP contribution is 2.27. The molecule has 2 N–H and O–H groups in total. The van der Waals surface area contributed by atoms with E-state index < -0.39 is 5.95 Å². The molecule has 1 heterocycles. The van der Waals surface area contributed by atoms with E-state index in [1.165, 1.54) is 12.3 Å². The predicted octanol–water partition coefficient (Wildman–Crippen LogP) is 2.66. The van der Waals surface area contributed by atoms with E-state index in [0.29, 0.717) is 0 Å². The Morgan fingerprint density at radius 1 is 1.50 bits per heavy atom. The molecule has 2 nitrogen and oxygen atoms in total. The molecule has 0 saturated heterocycles. The Morgan fingerprint density at radius 2 is 2.14 bits per heavy atom. The van der Waals surface area contributed by atoms with Crippen molar-refractivity contribution in [2.24, 2.45) is 11.1 Å². The van der Waals surface area contributed by atoms with E-state index in [1.54, 1.807) is 6.07 Å². The van der Waals surface area contributed by atoms with Crippen molar-refractivity contribution < 1.29 is 4.39 Å². The van der Waals surface area contributed by atoms with Crippen molar-refractivity contribution in [2.45, 2.75) is 33.2 Å². The molecule has 0 saturated carbocycles.